The van der Waals surface area contributed by atoms with Gasteiger partial charge in [0, 0.05) is 4.88 Å². The molecule has 4 nitrogen and oxygen atoms in total. The van der Waals surface area contributed by atoms with Crippen molar-refractivity contribution in [3.63, 3.8) is 0 Å². The second-order valence-electron chi connectivity index (χ2n) is 4.03. The molecule has 0 aromatic carbocycles. The second-order valence-corrected chi connectivity index (χ2v) is 5.44. The maximum absolute atomic E-state index is 10.9. The van der Waals surface area contributed by atoms with E-state index in [1.54, 1.807) is 18.3 Å². The number of aliphatic carboxylic acids is 1. The number of rotatable bonds is 4. The lowest BCUT2D eigenvalue weighted by molar-refractivity contribution is -0.142. The van der Waals surface area contributed by atoms with Crippen molar-refractivity contribution in [1.82, 2.24) is 9.88 Å². The number of carbonyl (C=O) groups is 1. The summed E-state index contributed by atoms with van der Waals surface area (Å²) >= 11 is 1.65. The highest BCUT2D eigenvalue weighted by Gasteiger charge is 2.25. The molecule has 0 bridgehead atoms. The van der Waals surface area contributed by atoms with Gasteiger partial charge in [-0.25, -0.2) is 4.98 Å². The summed E-state index contributed by atoms with van der Waals surface area (Å²) in [5.41, 5.74) is 0.984. The summed E-state index contributed by atoms with van der Waals surface area (Å²) in [6, 6.07) is -0.479. The first-order chi connectivity index (χ1) is 7.34. The van der Waals surface area contributed by atoms with Gasteiger partial charge in [0.2, 0.25) is 0 Å². The van der Waals surface area contributed by atoms with E-state index in [0.717, 1.165) is 15.6 Å². The number of carboxylic acid groups (broad SMARTS) is 1. The van der Waals surface area contributed by atoms with E-state index in [0.29, 0.717) is 0 Å². The summed E-state index contributed by atoms with van der Waals surface area (Å²) < 4.78 is 0. The maximum Gasteiger partial charge on any atom is 0.320 e. The van der Waals surface area contributed by atoms with Gasteiger partial charge in [-0.1, -0.05) is 0 Å². The van der Waals surface area contributed by atoms with E-state index in [9.17, 15) is 4.79 Å². The van der Waals surface area contributed by atoms with Crippen LogP contribution in [-0.4, -0.2) is 34.0 Å². The van der Waals surface area contributed by atoms with Crippen LogP contribution in [0, 0.1) is 13.8 Å². The van der Waals surface area contributed by atoms with Gasteiger partial charge in [0.15, 0.2) is 0 Å². The van der Waals surface area contributed by atoms with Gasteiger partial charge in [-0.05, 0) is 34.7 Å². The molecule has 0 aliphatic rings. The van der Waals surface area contributed by atoms with Gasteiger partial charge in [-0.3, -0.25) is 9.69 Å². The number of hydrogen-bond donors (Lipinski definition) is 1. The number of carboxylic acids is 1. The summed E-state index contributed by atoms with van der Waals surface area (Å²) in [5.74, 6) is -0.807. The Bertz CT molecular complexity index is 389. The number of aromatic nitrogens is 1. The molecule has 5 heteroatoms. The molecule has 0 aliphatic carbocycles. The van der Waals surface area contributed by atoms with Crippen LogP contribution in [0.3, 0.4) is 0 Å². The molecule has 1 aromatic rings. The van der Waals surface area contributed by atoms with Gasteiger partial charge in [-0.2, -0.15) is 0 Å². The Balaban J connectivity index is 2.89. The standard InChI is InChI=1S/C11H18N2O2S/c1-6(13(5)7(2)11(14)15)10-8(3)16-9(4)12-10/h6-7H,1-5H3,(H,14,15). The van der Waals surface area contributed by atoms with Gasteiger partial charge < -0.3 is 5.11 Å². The molecule has 0 saturated carbocycles. The average Bonchev–Trinajstić information content (AvgIpc) is 2.54. The number of thiazole rings is 1. The van der Waals surface area contributed by atoms with Crippen LogP contribution in [0.15, 0.2) is 0 Å². The Morgan fingerprint density at radius 1 is 1.44 bits per heavy atom. The smallest absolute Gasteiger partial charge is 0.320 e. The average molecular weight is 242 g/mol. The second kappa shape index (κ2) is 4.93. The van der Waals surface area contributed by atoms with E-state index < -0.39 is 12.0 Å². The minimum absolute atomic E-state index is 0.0241. The number of nitrogens with zero attached hydrogens (tertiary/aromatic N) is 2. The third-order valence-electron chi connectivity index (χ3n) is 2.91. The Labute approximate surface area is 99.9 Å². The predicted octanol–water partition coefficient (Wildman–Crippen LogP) is 2.23. The predicted molar refractivity (Wildman–Crippen MR) is 64.9 cm³/mol. The molecular formula is C11H18N2O2S. The SMILES string of the molecule is Cc1nc(C(C)N(C)C(C)C(=O)O)c(C)s1. The molecule has 2 atom stereocenters. The fourth-order valence-corrected chi connectivity index (χ4v) is 2.54. The topological polar surface area (TPSA) is 53.4 Å². The van der Waals surface area contributed by atoms with E-state index >= 15 is 0 Å². The third-order valence-corrected chi connectivity index (χ3v) is 3.82. The van der Waals surface area contributed by atoms with E-state index in [-0.39, 0.29) is 6.04 Å². The quantitative estimate of drug-likeness (QED) is 0.879. The lowest BCUT2D eigenvalue weighted by atomic mass is 10.1. The molecule has 0 saturated heterocycles. The van der Waals surface area contributed by atoms with Crippen LogP contribution in [0.25, 0.3) is 0 Å². The summed E-state index contributed by atoms with van der Waals surface area (Å²) in [4.78, 5) is 18.3. The minimum Gasteiger partial charge on any atom is -0.480 e. The van der Waals surface area contributed by atoms with Crippen molar-refractivity contribution in [2.75, 3.05) is 7.05 Å². The summed E-state index contributed by atoms with van der Waals surface area (Å²) in [7, 11) is 1.82. The van der Waals surface area contributed by atoms with Gasteiger partial charge in [0.25, 0.3) is 0 Å². The fourth-order valence-electron chi connectivity index (χ4n) is 1.64. The van der Waals surface area contributed by atoms with E-state index in [2.05, 4.69) is 4.98 Å². The van der Waals surface area contributed by atoms with Crippen LogP contribution in [0.4, 0.5) is 0 Å². The lowest BCUT2D eigenvalue weighted by Gasteiger charge is -2.27. The monoisotopic (exact) mass is 242 g/mol. The van der Waals surface area contributed by atoms with Crippen LogP contribution in [0.2, 0.25) is 0 Å². The van der Waals surface area contributed by atoms with Gasteiger partial charge in [0.05, 0.1) is 16.7 Å². The largest absolute Gasteiger partial charge is 0.480 e. The highest BCUT2D eigenvalue weighted by Crippen LogP contribution is 2.26. The van der Waals surface area contributed by atoms with Crippen molar-refractivity contribution in [3.05, 3.63) is 15.6 Å². The van der Waals surface area contributed by atoms with E-state index in [1.807, 2.05) is 32.7 Å². The third kappa shape index (κ3) is 2.59. The van der Waals surface area contributed by atoms with Crippen molar-refractivity contribution < 1.29 is 9.90 Å². The van der Waals surface area contributed by atoms with Crippen LogP contribution in [-0.2, 0) is 4.79 Å². The maximum atomic E-state index is 10.9. The van der Waals surface area contributed by atoms with Gasteiger partial charge >= 0.3 is 5.97 Å². The molecule has 2 unspecified atom stereocenters. The Morgan fingerprint density at radius 3 is 2.38 bits per heavy atom. The van der Waals surface area contributed by atoms with Crippen LogP contribution >= 0.6 is 11.3 Å². The van der Waals surface area contributed by atoms with Crippen LogP contribution < -0.4 is 0 Å². The molecule has 0 amide bonds. The molecule has 1 heterocycles. The summed E-state index contributed by atoms with van der Waals surface area (Å²) in [6.45, 7) is 7.67. The number of likely N-dealkylation sites (N-methyl/N-ethyl adjacent to an activating group) is 1. The highest BCUT2D eigenvalue weighted by atomic mass is 32.1. The molecule has 0 fully saturated rings. The first-order valence-electron chi connectivity index (χ1n) is 5.23. The zero-order valence-electron chi connectivity index (χ0n) is 10.3. The molecule has 1 rings (SSSR count). The molecule has 1 N–H and O–H groups in total. The van der Waals surface area contributed by atoms with Crippen molar-refractivity contribution >= 4 is 17.3 Å². The van der Waals surface area contributed by atoms with Crippen molar-refractivity contribution in [2.45, 2.75) is 39.8 Å². The zero-order chi connectivity index (χ0) is 12.5. The molecule has 0 spiro atoms. The molecular weight excluding hydrogens is 224 g/mol. The first kappa shape index (κ1) is 13.1. The Morgan fingerprint density at radius 2 is 2.00 bits per heavy atom. The molecule has 1 aromatic heterocycles. The van der Waals surface area contributed by atoms with E-state index in [4.69, 9.17) is 5.11 Å². The molecule has 90 valence electrons. The van der Waals surface area contributed by atoms with Gasteiger partial charge in [-0.15, -0.1) is 11.3 Å². The minimum atomic E-state index is -0.807. The summed E-state index contributed by atoms with van der Waals surface area (Å²) in [6.07, 6.45) is 0. The number of hydrogen-bond acceptors (Lipinski definition) is 4. The Kier molecular flexibility index (Phi) is 4.04. The number of aryl methyl sites for hydroxylation is 2. The zero-order valence-corrected chi connectivity index (χ0v) is 11.1. The van der Waals surface area contributed by atoms with Crippen molar-refractivity contribution in [1.29, 1.82) is 0 Å². The molecule has 16 heavy (non-hydrogen) atoms. The van der Waals surface area contributed by atoms with Crippen molar-refractivity contribution in [3.8, 4) is 0 Å². The highest BCUT2D eigenvalue weighted by molar-refractivity contribution is 7.11. The fraction of sp³-hybridized carbons (Fsp3) is 0.636. The van der Waals surface area contributed by atoms with Crippen molar-refractivity contribution in [2.24, 2.45) is 0 Å². The van der Waals surface area contributed by atoms with Crippen LogP contribution in [0.1, 0.15) is 35.5 Å². The lowest BCUT2D eigenvalue weighted by Crippen LogP contribution is -2.37. The van der Waals surface area contributed by atoms with Crippen LogP contribution in [0.5, 0.6) is 0 Å². The van der Waals surface area contributed by atoms with Gasteiger partial charge in [0.1, 0.15) is 6.04 Å². The molecule has 0 radical (unpaired) electrons. The van der Waals surface area contributed by atoms with E-state index in [1.165, 1.54) is 0 Å². The molecule has 0 aliphatic heterocycles. The normalized spacial score (nSPS) is 15.1. The first-order valence-corrected chi connectivity index (χ1v) is 6.05. The summed E-state index contributed by atoms with van der Waals surface area (Å²) in [5, 5.41) is 9.99. The Hall–Kier alpha value is -0.940.